The average molecular weight is 240 g/mol. The van der Waals surface area contributed by atoms with E-state index < -0.39 is 0 Å². The first-order valence-corrected chi connectivity index (χ1v) is 6.03. The molecular formula is C11H16N2O2S. The monoisotopic (exact) mass is 240 g/mol. The minimum atomic E-state index is -0.296. The first-order valence-electron chi connectivity index (χ1n) is 5.22. The van der Waals surface area contributed by atoms with Gasteiger partial charge in [0, 0.05) is 0 Å². The zero-order valence-electron chi connectivity index (χ0n) is 9.53. The largest absolute Gasteiger partial charge is 0.462 e. The van der Waals surface area contributed by atoms with Gasteiger partial charge in [-0.2, -0.15) is 0 Å². The lowest BCUT2D eigenvalue weighted by molar-refractivity contribution is 0.0532. The Balaban J connectivity index is 2.51. The number of nitrogens with zero attached hydrogens (tertiary/aromatic N) is 1. The number of carbonyl (C=O) groups is 1. The summed E-state index contributed by atoms with van der Waals surface area (Å²) in [5, 5.41) is 3.88. The first kappa shape index (κ1) is 12.9. The smallest absolute Gasteiger partial charge is 0.349 e. The van der Waals surface area contributed by atoms with Crippen molar-refractivity contribution < 1.29 is 9.53 Å². The molecule has 5 heteroatoms. The van der Waals surface area contributed by atoms with Gasteiger partial charge in [-0.25, -0.2) is 9.78 Å². The summed E-state index contributed by atoms with van der Waals surface area (Å²) in [4.78, 5) is 16.0. The van der Waals surface area contributed by atoms with Crippen LogP contribution in [0.15, 0.2) is 12.3 Å². The summed E-state index contributed by atoms with van der Waals surface area (Å²) in [5.74, 6) is -0.296. The fraction of sp³-hybridized carbons (Fsp3) is 0.455. The average Bonchev–Trinajstić information content (AvgIpc) is 2.73. The molecule has 0 spiro atoms. The summed E-state index contributed by atoms with van der Waals surface area (Å²) in [6.07, 6.45) is 6.46. The van der Waals surface area contributed by atoms with E-state index in [0.29, 0.717) is 11.5 Å². The minimum Gasteiger partial charge on any atom is -0.462 e. The standard InChI is InChI=1S/C11H16N2O2S/c1-3-15-11(14)9-8-13-10(16-9)6-4-5-7-12-2/h4,6,8,12H,3,5,7H2,1-2H3. The van der Waals surface area contributed by atoms with Crippen molar-refractivity contribution in [3.05, 3.63) is 22.2 Å². The van der Waals surface area contributed by atoms with E-state index in [1.807, 2.05) is 19.2 Å². The van der Waals surface area contributed by atoms with Gasteiger partial charge >= 0.3 is 5.97 Å². The molecule has 1 heterocycles. The van der Waals surface area contributed by atoms with Crippen molar-refractivity contribution >= 4 is 23.4 Å². The summed E-state index contributed by atoms with van der Waals surface area (Å²) in [6.45, 7) is 3.12. The van der Waals surface area contributed by atoms with Crippen LogP contribution in [0.4, 0.5) is 0 Å². The molecule has 0 atom stereocenters. The lowest BCUT2D eigenvalue weighted by atomic mass is 10.4. The van der Waals surface area contributed by atoms with Gasteiger partial charge in [-0.05, 0) is 33.0 Å². The molecule has 4 nitrogen and oxygen atoms in total. The highest BCUT2D eigenvalue weighted by molar-refractivity contribution is 7.14. The zero-order chi connectivity index (χ0) is 11.8. The Morgan fingerprint density at radius 3 is 3.19 bits per heavy atom. The van der Waals surface area contributed by atoms with Crippen LogP contribution in [-0.4, -0.2) is 31.2 Å². The fourth-order valence-corrected chi connectivity index (χ4v) is 1.82. The Morgan fingerprint density at radius 2 is 2.50 bits per heavy atom. The van der Waals surface area contributed by atoms with E-state index in [9.17, 15) is 4.79 Å². The van der Waals surface area contributed by atoms with Crippen molar-refractivity contribution in [2.45, 2.75) is 13.3 Å². The summed E-state index contributed by atoms with van der Waals surface area (Å²) < 4.78 is 4.88. The van der Waals surface area contributed by atoms with Gasteiger partial charge in [-0.1, -0.05) is 6.08 Å². The molecule has 88 valence electrons. The topological polar surface area (TPSA) is 51.2 Å². The van der Waals surface area contributed by atoms with E-state index in [1.165, 1.54) is 11.3 Å². The molecule has 1 rings (SSSR count). The van der Waals surface area contributed by atoms with Crippen LogP contribution in [0, 0.1) is 0 Å². The van der Waals surface area contributed by atoms with Crippen LogP contribution in [0.25, 0.3) is 6.08 Å². The number of carbonyl (C=O) groups excluding carboxylic acids is 1. The number of ether oxygens (including phenoxy) is 1. The van der Waals surface area contributed by atoms with Crippen LogP contribution in [0.5, 0.6) is 0 Å². The Morgan fingerprint density at radius 1 is 1.69 bits per heavy atom. The molecule has 1 N–H and O–H groups in total. The molecule has 0 radical (unpaired) electrons. The third-order valence-electron chi connectivity index (χ3n) is 1.82. The van der Waals surface area contributed by atoms with Gasteiger partial charge in [0.05, 0.1) is 12.8 Å². The highest BCUT2D eigenvalue weighted by Gasteiger charge is 2.09. The number of rotatable bonds is 6. The van der Waals surface area contributed by atoms with Gasteiger partial charge in [0.2, 0.25) is 0 Å². The van der Waals surface area contributed by atoms with Crippen molar-refractivity contribution in [2.24, 2.45) is 0 Å². The van der Waals surface area contributed by atoms with Gasteiger partial charge in [0.25, 0.3) is 0 Å². The maximum atomic E-state index is 11.3. The van der Waals surface area contributed by atoms with Crippen LogP contribution >= 0.6 is 11.3 Å². The molecule has 1 aromatic rings. The number of hydrogen-bond donors (Lipinski definition) is 1. The third-order valence-corrected chi connectivity index (χ3v) is 2.76. The minimum absolute atomic E-state index is 0.296. The van der Waals surface area contributed by atoms with Gasteiger partial charge in [0.1, 0.15) is 9.88 Å². The van der Waals surface area contributed by atoms with Gasteiger partial charge < -0.3 is 10.1 Å². The van der Waals surface area contributed by atoms with Gasteiger partial charge in [-0.3, -0.25) is 0 Å². The van der Waals surface area contributed by atoms with E-state index in [1.54, 1.807) is 13.1 Å². The lowest BCUT2D eigenvalue weighted by Crippen LogP contribution is -2.05. The molecule has 16 heavy (non-hydrogen) atoms. The Kier molecular flexibility index (Phi) is 5.74. The number of aromatic nitrogens is 1. The fourth-order valence-electron chi connectivity index (χ4n) is 1.07. The van der Waals surface area contributed by atoms with E-state index in [2.05, 4.69) is 10.3 Å². The number of nitrogens with one attached hydrogen (secondary N) is 1. The maximum absolute atomic E-state index is 11.3. The van der Waals surface area contributed by atoms with E-state index in [0.717, 1.165) is 18.0 Å². The molecule has 0 aliphatic carbocycles. The number of thiazole rings is 1. The van der Waals surface area contributed by atoms with Crippen molar-refractivity contribution in [3.8, 4) is 0 Å². The van der Waals surface area contributed by atoms with Crippen LogP contribution in [0.3, 0.4) is 0 Å². The summed E-state index contributed by atoms with van der Waals surface area (Å²) in [7, 11) is 1.91. The van der Waals surface area contributed by atoms with Gasteiger partial charge in [-0.15, -0.1) is 11.3 Å². The van der Waals surface area contributed by atoms with E-state index >= 15 is 0 Å². The number of hydrogen-bond acceptors (Lipinski definition) is 5. The summed E-state index contributed by atoms with van der Waals surface area (Å²) >= 11 is 1.35. The molecule has 0 bridgehead atoms. The van der Waals surface area contributed by atoms with Crippen LogP contribution < -0.4 is 5.32 Å². The lowest BCUT2D eigenvalue weighted by Gasteiger charge is -1.95. The molecule has 0 aliphatic rings. The second kappa shape index (κ2) is 7.14. The molecule has 0 fully saturated rings. The third kappa shape index (κ3) is 4.12. The first-order chi connectivity index (χ1) is 7.77. The van der Waals surface area contributed by atoms with E-state index in [-0.39, 0.29) is 5.97 Å². The SMILES string of the molecule is CCOC(=O)c1cnc(C=CCCNC)s1. The molecular weight excluding hydrogens is 224 g/mol. The molecule has 0 saturated heterocycles. The molecule has 0 unspecified atom stereocenters. The molecule has 0 aliphatic heterocycles. The van der Waals surface area contributed by atoms with Gasteiger partial charge in [0.15, 0.2) is 0 Å². The second-order valence-corrected chi connectivity index (χ2v) is 4.14. The quantitative estimate of drug-likeness (QED) is 0.610. The van der Waals surface area contributed by atoms with Crippen molar-refractivity contribution in [2.75, 3.05) is 20.2 Å². The second-order valence-electron chi connectivity index (χ2n) is 3.08. The Bertz CT molecular complexity index is 361. The van der Waals surface area contributed by atoms with Crippen LogP contribution in [0.2, 0.25) is 0 Å². The highest BCUT2D eigenvalue weighted by atomic mass is 32.1. The molecule has 1 aromatic heterocycles. The van der Waals surface area contributed by atoms with Crippen molar-refractivity contribution in [1.82, 2.24) is 10.3 Å². The Labute approximate surface area is 99.3 Å². The Hall–Kier alpha value is -1.20. The molecule has 0 saturated carbocycles. The normalized spacial score (nSPS) is 10.9. The van der Waals surface area contributed by atoms with Crippen molar-refractivity contribution in [3.63, 3.8) is 0 Å². The molecule has 0 aromatic carbocycles. The van der Waals surface area contributed by atoms with E-state index in [4.69, 9.17) is 4.74 Å². The van der Waals surface area contributed by atoms with Crippen LogP contribution in [-0.2, 0) is 4.74 Å². The van der Waals surface area contributed by atoms with Crippen molar-refractivity contribution in [1.29, 1.82) is 0 Å². The highest BCUT2D eigenvalue weighted by Crippen LogP contribution is 2.15. The summed E-state index contributed by atoms with van der Waals surface area (Å²) in [6, 6.07) is 0. The predicted octanol–water partition coefficient (Wildman–Crippen LogP) is 1.94. The predicted molar refractivity (Wildman–Crippen MR) is 65.6 cm³/mol. The zero-order valence-corrected chi connectivity index (χ0v) is 10.3. The van der Waals surface area contributed by atoms with Crippen LogP contribution in [0.1, 0.15) is 28.0 Å². The molecule has 0 amide bonds. The number of esters is 1. The summed E-state index contributed by atoms with van der Waals surface area (Å²) in [5.41, 5.74) is 0. The maximum Gasteiger partial charge on any atom is 0.349 e.